The molecule has 2 heterocycles. The highest BCUT2D eigenvalue weighted by Crippen LogP contribution is 2.43. The minimum atomic E-state index is -0.721. The maximum Gasteiger partial charge on any atom is 0.303 e. The zero-order valence-corrected chi connectivity index (χ0v) is 10.6. The Morgan fingerprint density at radius 2 is 2.06 bits per heavy atom. The van der Waals surface area contributed by atoms with Crippen molar-refractivity contribution in [1.29, 1.82) is 0 Å². The van der Waals surface area contributed by atoms with Crippen molar-refractivity contribution in [2.24, 2.45) is 11.8 Å². The molecule has 4 nitrogen and oxygen atoms in total. The number of aliphatic carboxylic acids is 1. The van der Waals surface area contributed by atoms with Gasteiger partial charge < -0.3 is 14.9 Å². The highest BCUT2D eigenvalue weighted by molar-refractivity contribution is 5.66. The molecule has 2 rings (SSSR count). The van der Waals surface area contributed by atoms with E-state index in [0.29, 0.717) is 12.0 Å². The standard InChI is InChI=1S/C14H22O4/c15-9-11-10(12-7-8-13(11)18-12)5-3-1-2-4-6-14(16)17/h3,5,10-13,15H,1-2,4,6-9H2,(H,16,17)/t10-,11-,12+,13-/m1/s1. The van der Waals surface area contributed by atoms with Crippen molar-refractivity contribution in [3.63, 3.8) is 0 Å². The van der Waals surface area contributed by atoms with Crippen LogP contribution in [0.2, 0.25) is 0 Å². The maximum atomic E-state index is 10.3. The van der Waals surface area contributed by atoms with Gasteiger partial charge in [-0.3, -0.25) is 4.79 Å². The van der Waals surface area contributed by atoms with Crippen LogP contribution in [-0.4, -0.2) is 35.0 Å². The first-order valence-electron chi connectivity index (χ1n) is 6.87. The second kappa shape index (κ2) is 6.34. The second-order valence-electron chi connectivity index (χ2n) is 5.28. The summed E-state index contributed by atoms with van der Waals surface area (Å²) < 4.78 is 5.81. The van der Waals surface area contributed by atoms with E-state index >= 15 is 0 Å². The molecule has 0 amide bonds. The summed E-state index contributed by atoms with van der Waals surface area (Å²) in [5.74, 6) is -0.104. The predicted molar refractivity (Wildman–Crippen MR) is 67.2 cm³/mol. The molecule has 2 bridgehead atoms. The molecule has 4 atom stereocenters. The van der Waals surface area contributed by atoms with E-state index in [1.54, 1.807) is 0 Å². The fraction of sp³-hybridized carbons (Fsp3) is 0.786. The van der Waals surface area contributed by atoms with Crippen LogP contribution in [0, 0.1) is 11.8 Å². The fourth-order valence-corrected chi connectivity index (χ4v) is 3.11. The molecule has 0 aromatic carbocycles. The zero-order chi connectivity index (χ0) is 13.0. The van der Waals surface area contributed by atoms with Gasteiger partial charge >= 0.3 is 5.97 Å². The molecule has 2 aliphatic rings. The molecular formula is C14H22O4. The topological polar surface area (TPSA) is 66.8 Å². The molecular weight excluding hydrogens is 232 g/mol. The van der Waals surface area contributed by atoms with Gasteiger partial charge in [0.15, 0.2) is 0 Å². The van der Waals surface area contributed by atoms with E-state index in [4.69, 9.17) is 9.84 Å². The summed E-state index contributed by atoms with van der Waals surface area (Å²) in [4.78, 5) is 10.3. The van der Waals surface area contributed by atoms with Crippen molar-refractivity contribution in [1.82, 2.24) is 0 Å². The van der Waals surface area contributed by atoms with Crippen LogP contribution < -0.4 is 0 Å². The van der Waals surface area contributed by atoms with Crippen LogP contribution in [0.1, 0.15) is 38.5 Å². The number of hydrogen-bond donors (Lipinski definition) is 2. The van der Waals surface area contributed by atoms with Crippen molar-refractivity contribution in [2.75, 3.05) is 6.61 Å². The average molecular weight is 254 g/mol. The third-order valence-corrected chi connectivity index (χ3v) is 4.07. The lowest BCUT2D eigenvalue weighted by Gasteiger charge is -2.23. The SMILES string of the molecule is O=C(O)CCCCC=C[C@@H]1[C@@H](CO)[C@H]2CC[C@@H]1O2. The first kappa shape index (κ1) is 13.6. The van der Waals surface area contributed by atoms with Crippen molar-refractivity contribution in [3.8, 4) is 0 Å². The fourth-order valence-electron chi connectivity index (χ4n) is 3.11. The number of aliphatic hydroxyl groups is 1. The molecule has 0 aliphatic carbocycles. The van der Waals surface area contributed by atoms with Gasteiger partial charge in [-0.2, -0.15) is 0 Å². The molecule has 2 N–H and O–H groups in total. The Balaban J connectivity index is 1.70. The van der Waals surface area contributed by atoms with Gasteiger partial charge in [0, 0.05) is 24.9 Å². The van der Waals surface area contributed by atoms with Crippen molar-refractivity contribution >= 4 is 5.97 Å². The molecule has 0 saturated carbocycles. The lowest BCUT2D eigenvalue weighted by atomic mass is 9.79. The van der Waals surface area contributed by atoms with Gasteiger partial charge in [0.25, 0.3) is 0 Å². The lowest BCUT2D eigenvalue weighted by Crippen LogP contribution is -2.28. The Kier molecular flexibility index (Phi) is 4.78. The number of hydrogen-bond acceptors (Lipinski definition) is 3. The molecule has 0 unspecified atom stereocenters. The molecule has 18 heavy (non-hydrogen) atoms. The van der Waals surface area contributed by atoms with E-state index in [1.807, 2.05) is 0 Å². The highest BCUT2D eigenvalue weighted by atomic mass is 16.5. The number of fused-ring (bicyclic) bond motifs is 2. The Hall–Kier alpha value is -0.870. The number of allylic oxidation sites excluding steroid dienone is 1. The van der Waals surface area contributed by atoms with Crippen LogP contribution in [0.4, 0.5) is 0 Å². The van der Waals surface area contributed by atoms with Gasteiger partial charge in [0.2, 0.25) is 0 Å². The number of carboxylic acids is 1. The number of aliphatic hydroxyl groups excluding tert-OH is 1. The van der Waals surface area contributed by atoms with Gasteiger partial charge in [0.1, 0.15) is 0 Å². The van der Waals surface area contributed by atoms with Crippen LogP contribution in [-0.2, 0) is 9.53 Å². The Bertz CT molecular complexity index is 313. The molecule has 2 fully saturated rings. The van der Waals surface area contributed by atoms with Crippen LogP contribution in [0.3, 0.4) is 0 Å². The predicted octanol–water partition coefficient (Wildman–Crippen LogP) is 1.97. The first-order valence-corrected chi connectivity index (χ1v) is 6.87. The van der Waals surface area contributed by atoms with Gasteiger partial charge in [-0.1, -0.05) is 12.2 Å². The quantitative estimate of drug-likeness (QED) is 0.538. The molecule has 4 heteroatoms. The summed E-state index contributed by atoms with van der Waals surface area (Å²) in [5, 5.41) is 17.9. The molecule has 0 aromatic rings. The van der Waals surface area contributed by atoms with Gasteiger partial charge in [-0.05, 0) is 32.1 Å². The number of carbonyl (C=O) groups is 1. The largest absolute Gasteiger partial charge is 0.481 e. The smallest absolute Gasteiger partial charge is 0.303 e. The van der Waals surface area contributed by atoms with Gasteiger partial charge in [0.05, 0.1) is 12.2 Å². The Labute approximate surface area is 108 Å². The molecule has 102 valence electrons. The Morgan fingerprint density at radius 1 is 1.28 bits per heavy atom. The minimum absolute atomic E-state index is 0.204. The third kappa shape index (κ3) is 3.12. The number of ether oxygens (including phenoxy) is 1. The summed E-state index contributed by atoms with van der Waals surface area (Å²) in [6, 6.07) is 0. The Morgan fingerprint density at radius 3 is 2.78 bits per heavy atom. The molecule has 0 spiro atoms. The van der Waals surface area contributed by atoms with Gasteiger partial charge in [-0.15, -0.1) is 0 Å². The number of carboxylic acid groups (broad SMARTS) is 1. The van der Waals surface area contributed by atoms with Crippen LogP contribution in [0.25, 0.3) is 0 Å². The normalized spacial score (nSPS) is 34.5. The molecule has 0 radical (unpaired) electrons. The van der Waals surface area contributed by atoms with E-state index in [0.717, 1.165) is 32.1 Å². The van der Waals surface area contributed by atoms with Crippen molar-refractivity contribution in [3.05, 3.63) is 12.2 Å². The van der Waals surface area contributed by atoms with Crippen molar-refractivity contribution in [2.45, 2.75) is 50.7 Å². The van der Waals surface area contributed by atoms with E-state index in [9.17, 15) is 9.90 Å². The summed E-state index contributed by atoms with van der Waals surface area (Å²) in [5.41, 5.74) is 0. The van der Waals surface area contributed by atoms with Crippen LogP contribution in [0.5, 0.6) is 0 Å². The van der Waals surface area contributed by atoms with Crippen LogP contribution in [0.15, 0.2) is 12.2 Å². The van der Waals surface area contributed by atoms with E-state index in [2.05, 4.69) is 12.2 Å². The summed E-state index contributed by atoms with van der Waals surface area (Å²) in [6.45, 7) is 0.204. The zero-order valence-electron chi connectivity index (χ0n) is 10.6. The highest BCUT2D eigenvalue weighted by Gasteiger charge is 2.47. The van der Waals surface area contributed by atoms with Gasteiger partial charge in [-0.25, -0.2) is 0 Å². The second-order valence-corrected chi connectivity index (χ2v) is 5.28. The third-order valence-electron chi connectivity index (χ3n) is 4.07. The van der Waals surface area contributed by atoms with E-state index in [1.165, 1.54) is 0 Å². The monoisotopic (exact) mass is 254 g/mol. The lowest BCUT2D eigenvalue weighted by molar-refractivity contribution is -0.137. The molecule has 2 aliphatic heterocycles. The average Bonchev–Trinajstić information content (AvgIpc) is 2.93. The summed E-state index contributed by atoms with van der Waals surface area (Å²) in [6.07, 6.45) is 9.84. The minimum Gasteiger partial charge on any atom is -0.481 e. The van der Waals surface area contributed by atoms with E-state index in [-0.39, 0.29) is 25.0 Å². The summed E-state index contributed by atoms with van der Waals surface area (Å²) >= 11 is 0. The van der Waals surface area contributed by atoms with Crippen molar-refractivity contribution < 1.29 is 19.7 Å². The first-order chi connectivity index (χ1) is 8.72. The number of unbranched alkanes of at least 4 members (excludes halogenated alkanes) is 2. The summed E-state index contributed by atoms with van der Waals surface area (Å²) in [7, 11) is 0. The maximum absolute atomic E-state index is 10.3. The number of rotatable bonds is 7. The molecule has 2 saturated heterocycles. The van der Waals surface area contributed by atoms with Crippen LogP contribution >= 0.6 is 0 Å². The van der Waals surface area contributed by atoms with E-state index < -0.39 is 5.97 Å². The molecule has 0 aromatic heterocycles.